The molecule has 1 amide bonds. The molecule has 3 nitrogen and oxygen atoms in total. The van der Waals surface area contributed by atoms with Crippen LogP contribution >= 0.6 is 0 Å². The summed E-state index contributed by atoms with van der Waals surface area (Å²) in [5.41, 5.74) is -0.909. The first-order valence-electron chi connectivity index (χ1n) is 8.04. The summed E-state index contributed by atoms with van der Waals surface area (Å²) in [7, 11) is 0. The molecule has 0 fully saturated rings. The number of rotatable bonds is 0. The molecule has 0 bridgehead atoms. The van der Waals surface area contributed by atoms with Gasteiger partial charge in [0.05, 0.1) is 5.69 Å². The predicted molar refractivity (Wildman–Crippen MR) is 86.3 cm³/mol. The summed E-state index contributed by atoms with van der Waals surface area (Å²) < 4.78 is 43.6. The summed E-state index contributed by atoms with van der Waals surface area (Å²) in [6.07, 6.45) is -4.23. The fourth-order valence-corrected chi connectivity index (χ4v) is 4.41. The predicted octanol–water partition coefficient (Wildman–Crippen LogP) is 3.99. The Labute approximate surface area is 141 Å². The summed E-state index contributed by atoms with van der Waals surface area (Å²) in [6, 6.07) is 13.3. The average Bonchev–Trinajstić information content (AvgIpc) is 3.09. The molecule has 0 radical (unpaired) electrons. The molecule has 1 unspecified atom stereocenters. The first-order valence-corrected chi connectivity index (χ1v) is 8.04. The molecule has 1 aromatic heterocycles. The van der Waals surface area contributed by atoms with E-state index >= 15 is 0 Å². The number of halogens is 3. The Morgan fingerprint density at radius 1 is 1.04 bits per heavy atom. The van der Waals surface area contributed by atoms with E-state index in [2.05, 4.69) is 4.98 Å². The SMILES string of the molecule is O=C1c2ccccc2C2(C(F)(F)F)c3[nH]c4ccccc4c3CCN12. The van der Waals surface area contributed by atoms with Gasteiger partial charge in [-0.25, -0.2) is 0 Å². The number of hydrogen-bond acceptors (Lipinski definition) is 1. The van der Waals surface area contributed by atoms with Gasteiger partial charge >= 0.3 is 6.18 Å². The minimum Gasteiger partial charge on any atom is -0.356 e. The summed E-state index contributed by atoms with van der Waals surface area (Å²) in [5, 5.41) is 0.789. The topological polar surface area (TPSA) is 36.1 Å². The van der Waals surface area contributed by atoms with E-state index in [9.17, 15) is 18.0 Å². The van der Waals surface area contributed by atoms with Crippen LogP contribution in [0, 0.1) is 0 Å². The molecule has 0 spiro atoms. The van der Waals surface area contributed by atoms with E-state index in [4.69, 9.17) is 0 Å². The molecule has 2 aliphatic rings. The molecule has 25 heavy (non-hydrogen) atoms. The van der Waals surface area contributed by atoms with Gasteiger partial charge in [-0.1, -0.05) is 36.4 Å². The van der Waals surface area contributed by atoms with Crippen molar-refractivity contribution in [2.45, 2.75) is 18.1 Å². The van der Waals surface area contributed by atoms with Crippen molar-refractivity contribution in [1.82, 2.24) is 9.88 Å². The number of benzene rings is 2. The highest BCUT2D eigenvalue weighted by molar-refractivity contribution is 6.02. The third-order valence-corrected chi connectivity index (χ3v) is 5.37. The summed E-state index contributed by atoms with van der Waals surface area (Å²) in [6.45, 7) is 0.0435. The highest BCUT2D eigenvalue weighted by Crippen LogP contribution is 2.56. The molecule has 1 atom stereocenters. The van der Waals surface area contributed by atoms with Gasteiger partial charge in [-0.05, 0) is 24.1 Å². The fraction of sp³-hybridized carbons (Fsp3) is 0.211. The lowest BCUT2D eigenvalue weighted by Gasteiger charge is -2.43. The Morgan fingerprint density at radius 2 is 1.76 bits per heavy atom. The van der Waals surface area contributed by atoms with Gasteiger partial charge in [0.1, 0.15) is 0 Å². The molecule has 0 aliphatic carbocycles. The van der Waals surface area contributed by atoms with E-state index in [-0.39, 0.29) is 23.4 Å². The number of para-hydroxylation sites is 1. The molecule has 1 N–H and O–H groups in total. The van der Waals surface area contributed by atoms with Crippen LogP contribution < -0.4 is 0 Å². The van der Waals surface area contributed by atoms with Crippen LogP contribution in [0.25, 0.3) is 10.9 Å². The number of fused-ring (bicyclic) bond motifs is 7. The maximum atomic E-state index is 14.5. The Hall–Kier alpha value is -2.76. The second kappa shape index (κ2) is 4.45. The van der Waals surface area contributed by atoms with E-state index in [1.165, 1.54) is 12.1 Å². The van der Waals surface area contributed by atoms with Crippen molar-refractivity contribution in [3.63, 3.8) is 0 Å². The van der Waals surface area contributed by atoms with Crippen molar-refractivity contribution in [2.75, 3.05) is 6.54 Å². The van der Waals surface area contributed by atoms with Crippen molar-refractivity contribution in [2.24, 2.45) is 0 Å². The van der Waals surface area contributed by atoms with Gasteiger partial charge in [0.15, 0.2) is 0 Å². The van der Waals surface area contributed by atoms with Gasteiger partial charge in [-0.15, -0.1) is 0 Å². The highest BCUT2D eigenvalue weighted by atomic mass is 19.4. The standard InChI is InChI=1S/C19H13F3N2O/c20-19(21,22)18-14-7-3-1-6-13(14)17(25)24(18)10-9-12-11-5-2-4-8-15(11)23-16(12)18/h1-8,23H,9-10H2. The molecular formula is C19H13F3N2O. The van der Waals surface area contributed by atoms with Gasteiger partial charge in [-0.2, -0.15) is 13.2 Å². The average molecular weight is 342 g/mol. The van der Waals surface area contributed by atoms with Crippen LogP contribution in [0.5, 0.6) is 0 Å². The van der Waals surface area contributed by atoms with E-state index in [1.54, 1.807) is 24.3 Å². The number of nitrogens with zero attached hydrogens (tertiary/aromatic N) is 1. The number of nitrogens with one attached hydrogen (secondary N) is 1. The summed E-state index contributed by atoms with van der Waals surface area (Å²) >= 11 is 0. The monoisotopic (exact) mass is 342 g/mol. The molecule has 2 aliphatic heterocycles. The van der Waals surface area contributed by atoms with Crippen molar-refractivity contribution in [1.29, 1.82) is 0 Å². The molecule has 0 saturated carbocycles. The van der Waals surface area contributed by atoms with Gasteiger partial charge in [-0.3, -0.25) is 4.79 Å². The van der Waals surface area contributed by atoms with Crippen molar-refractivity contribution >= 4 is 16.8 Å². The molecule has 3 heterocycles. The molecular weight excluding hydrogens is 329 g/mol. The summed E-state index contributed by atoms with van der Waals surface area (Å²) in [5.74, 6) is -0.558. The second-order valence-corrected chi connectivity index (χ2v) is 6.48. The number of aromatic nitrogens is 1. The lowest BCUT2D eigenvalue weighted by Crippen LogP contribution is -2.58. The zero-order chi connectivity index (χ0) is 17.4. The van der Waals surface area contributed by atoms with Crippen LogP contribution in [0.3, 0.4) is 0 Å². The first kappa shape index (κ1) is 14.6. The van der Waals surface area contributed by atoms with Crippen molar-refractivity contribution in [3.8, 4) is 0 Å². The zero-order valence-corrected chi connectivity index (χ0v) is 13.0. The van der Waals surface area contributed by atoms with E-state index in [0.29, 0.717) is 17.5 Å². The minimum absolute atomic E-state index is 0.0139. The second-order valence-electron chi connectivity index (χ2n) is 6.48. The van der Waals surface area contributed by atoms with Crippen LogP contribution in [-0.2, 0) is 12.0 Å². The van der Waals surface area contributed by atoms with E-state index in [1.807, 2.05) is 12.1 Å². The number of carbonyl (C=O) groups excluding carboxylic acids is 1. The number of amides is 1. The van der Waals surface area contributed by atoms with Crippen molar-refractivity contribution < 1.29 is 18.0 Å². The lowest BCUT2D eigenvalue weighted by atomic mass is 9.80. The third kappa shape index (κ3) is 1.55. The smallest absolute Gasteiger partial charge is 0.356 e. The number of carbonyl (C=O) groups is 1. The normalized spacial score (nSPS) is 22.0. The molecule has 5 rings (SSSR count). The van der Waals surface area contributed by atoms with Crippen LogP contribution in [0.4, 0.5) is 13.2 Å². The van der Waals surface area contributed by atoms with Gasteiger partial charge in [0.2, 0.25) is 5.54 Å². The molecule has 0 saturated heterocycles. The Balaban J connectivity index is 1.95. The van der Waals surface area contributed by atoms with Crippen molar-refractivity contribution in [3.05, 3.63) is 70.9 Å². The van der Waals surface area contributed by atoms with E-state index in [0.717, 1.165) is 10.3 Å². The zero-order valence-electron chi connectivity index (χ0n) is 13.0. The molecule has 6 heteroatoms. The van der Waals surface area contributed by atoms with Crippen LogP contribution in [0.1, 0.15) is 27.2 Å². The number of aromatic amines is 1. The maximum Gasteiger partial charge on any atom is 0.421 e. The highest BCUT2D eigenvalue weighted by Gasteiger charge is 2.69. The minimum atomic E-state index is -4.63. The molecule has 3 aromatic rings. The van der Waals surface area contributed by atoms with Gasteiger partial charge in [0, 0.05) is 28.6 Å². The maximum absolute atomic E-state index is 14.5. The molecule has 2 aromatic carbocycles. The van der Waals surface area contributed by atoms with Gasteiger partial charge < -0.3 is 9.88 Å². The van der Waals surface area contributed by atoms with Crippen LogP contribution in [-0.4, -0.2) is 28.5 Å². The Morgan fingerprint density at radius 3 is 2.56 bits per heavy atom. The number of hydrogen-bond donors (Lipinski definition) is 1. The number of H-pyrrole nitrogens is 1. The Bertz CT molecular complexity index is 1040. The van der Waals surface area contributed by atoms with Gasteiger partial charge in [0.25, 0.3) is 5.91 Å². The largest absolute Gasteiger partial charge is 0.421 e. The number of alkyl halides is 3. The quantitative estimate of drug-likeness (QED) is 0.659. The fourth-order valence-electron chi connectivity index (χ4n) is 4.41. The van der Waals surface area contributed by atoms with Crippen LogP contribution in [0.2, 0.25) is 0 Å². The third-order valence-electron chi connectivity index (χ3n) is 5.37. The molecule has 126 valence electrons. The van der Waals surface area contributed by atoms with Crippen LogP contribution in [0.15, 0.2) is 48.5 Å². The summed E-state index contributed by atoms with van der Waals surface area (Å²) in [4.78, 5) is 16.7. The Kier molecular flexibility index (Phi) is 2.59. The van der Waals surface area contributed by atoms with E-state index < -0.39 is 17.6 Å². The first-order chi connectivity index (χ1) is 12.0. The lowest BCUT2D eigenvalue weighted by molar-refractivity contribution is -0.213.